The molecule has 0 aromatic carbocycles. The first-order valence-corrected chi connectivity index (χ1v) is 10.6. The number of piperidine rings is 1. The van der Waals surface area contributed by atoms with Crippen LogP contribution in [0.15, 0.2) is 18.2 Å². The molecule has 2 saturated heterocycles. The molecule has 0 bridgehead atoms. The van der Waals surface area contributed by atoms with Gasteiger partial charge in [0.2, 0.25) is 5.91 Å². The van der Waals surface area contributed by atoms with Gasteiger partial charge in [0.15, 0.2) is 0 Å². The van der Waals surface area contributed by atoms with Crippen molar-refractivity contribution in [2.75, 3.05) is 19.6 Å². The van der Waals surface area contributed by atoms with E-state index >= 15 is 0 Å². The number of hydrogen-bond acceptors (Lipinski definition) is 3. The van der Waals surface area contributed by atoms with Crippen molar-refractivity contribution in [3.63, 3.8) is 0 Å². The van der Waals surface area contributed by atoms with Crippen LogP contribution in [-0.4, -0.2) is 45.9 Å². The van der Waals surface area contributed by atoms with E-state index in [1.54, 1.807) is 0 Å². The molecule has 1 amide bonds. The molecular formula is C22H33N3O. The van der Waals surface area contributed by atoms with Gasteiger partial charge in [-0.15, -0.1) is 0 Å². The van der Waals surface area contributed by atoms with Crippen molar-refractivity contribution in [3.05, 3.63) is 29.6 Å². The molecule has 3 fully saturated rings. The zero-order chi connectivity index (χ0) is 18.0. The predicted molar refractivity (Wildman–Crippen MR) is 104 cm³/mol. The molecule has 0 unspecified atom stereocenters. The second kappa shape index (κ2) is 7.67. The Kier molecular flexibility index (Phi) is 5.30. The van der Waals surface area contributed by atoms with Crippen LogP contribution in [-0.2, 0) is 11.3 Å². The van der Waals surface area contributed by atoms with E-state index in [0.29, 0.717) is 18.9 Å². The van der Waals surface area contributed by atoms with Crippen LogP contribution in [0.4, 0.5) is 0 Å². The molecule has 26 heavy (non-hydrogen) atoms. The standard InChI is InChI=1S/C22H33N3O/c1-18-6-5-9-20(23-18)17-25-21(26)10-11-22(25)12-14-24(15-13-22)16-19-7-3-2-4-8-19/h5-6,9,19H,2-4,7-8,10-17H2,1H3. The molecule has 0 atom stereocenters. The van der Waals surface area contributed by atoms with Crippen molar-refractivity contribution in [1.82, 2.24) is 14.8 Å². The summed E-state index contributed by atoms with van der Waals surface area (Å²) in [6, 6.07) is 6.14. The quantitative estimate of drug-likeness (QED) is 0.821. The van der Waals surface area contributed by atoms with Gasteiger partial charge in [0.1, 0.15) is 0 Å². The third kappa shape index (κ3) is 3.80. The van der Waals surface area contributed by atoms with Gasteiger partial charge in [-0.2, -0.15) is 0 Å². The van der Waals surface area contributed by atoms with E-state index in [2.05, 4.69) is 26.9 Å². The van der Waals surface area contributed by atoms with Gasteiger partial charge < -0.3 is 9.80 Å². The Morgan fingerprint density at radius 3 is 2.62 bits per heavy atom. The monoisotopic (exact) mass is 355 g/mol. The summed E-state index contributed by atoms with van der Waals surface area (Å²) in [5.41, 5.74) is 2.15. The van der Waals surface area contributed by atoms with Gasteiger partial charge in [-0.3, -0.25) is 9.78 Å². The van der Waals surface area contributed by atoms with Crippen molar-refractivity contribution in [1.29, 1.82) is 0 Å². The molecule has 142 valence electrons. The molecular weight excluding hydrogens is 322 g/mol. The van der Waals surface area contributed by atoms with E-state index in [1.165, 1.54) is 38.6 Å². The maximum atomic E-state index is 12.6. The molecule has 4 rings (SSSR count). The summed E-state index contributed by atoms with van der Waals surface area (Å²) in [7, 11) is 0. The molecule has 1 saturated carbocycles. The largest absolute Gasteiger partial charge is 0.331 e. The van der Waals surface area contributed by atoms with E-state index in [9.17, 15) is 4.79 Å². The summed E-state index contributed by atoms with van der Waals surface area (Å²) >= 11 is 0. The molecule has 3 aliphatic rings. The molecule has 2 aliphatic heterocycles. The Bertz CT molecular complexity index is 630. The van der Waals surface area contributed by atoms with Crippen LogP contribution in [0.25, 0.3) is 0 Å². The smallest absolute Gasteiger partial charge is 0.223 e. The number of hydrogen-bond donors (Lipinski definition) is 0. The first-order valence-electron chi connectivity index (χ1n) is 10.6. The third-order valence-electron chi connectivity index (χ3n) is 6.97. The van der Waals surface area contributed by atoms with E-state index < -0.39 is 0 Å². The van der Waals surface area contributed by atoms with Gasteiger partial charge >= 0.3 is 0 Å². The lowest BCUT2D eigenvalue weighted by atomic mass is 9.83. The molecule has 4 nitrogen and oxygen atoms in total. The Labute approximate surface area is 158 Å². The first kappa shape index (κ1) is 18.0. The second-order valence-electron chi connectivity index (χ2n) is 8.78. The molecule has 3 heterocycles. The van der Waals surface area contributed by atoms with Gasteiger partial charge in [0.05, 0.1) is 12.2 Å². The first-order chi connectivity index (χ1) is 12.6. The average molecular weight is 356 g/mol. The third-order valence-corrected chi connectivity index (χ3v) is 6.97. The Morgan fingerprint density at radius 1 is 1.12 bits per heavy atom. The van der Waals surface area contributed by atoms with Crippen LogP contribution in [0.3, 0.4) is 0 Å². The number of aryl methyl sites for hydroxylation is 1. The number of nitrogens with zero attached hydrogens (tertiary/aromatic N) is 3. The van der Waals surface area contributed by atoms with E-state index in [0.717, 1.165) is 49.7 Å². The van der Waals surface area contributed by atoms with Crippen LogP contribution < -0.4 is 0 Å². The lowest BCUT2D eigenvalue weighted by Crippen LogP contribution is -2.53. The normalized spacial score (nSPS) is 24.5. The molecule has 4 heteroatoms. The fraction of sp³-hybridized carbons (Fsp3) is 0.727. The van der Waals surface area contributed by atoms with Gasteiger partial charge in [-0.25, -0.2) is 0 Å². The lowest BCUT2D eigenvalue weighted by molar-refractivity contribution is -0.133. The molecule has 0 N–H and O–H groups in total. The van der Waals surface area contributed by atoms with Crippen LogP contribution in [0.5, 0.6) is 0 Å². The highest BCUT2D eigenvalue weighted by molar-refractivity contribution is 5.79. The van der Waals surface area contributed by atoms with Crippen molar-refractivity contribution in [2.45, 2.75) is 76.8 Å². The molecule has 0 radical (unpaired) electrons. The van der Waals surface area contributed by atoms with Crippen molar-refractivity contribution in [2.24, 2.45) is 5.92 Å². The van der Waals surface area contributed by atoms with E-state index in [1.807, 2.05) is 13.0 Å². The summed E-state index contributed by atoms with van der Waals surface area (Å²) in [5, 5.41) is 0. The fourth-order valence-corrected chi connectivity index (χ4v) is 5.39. The second-order valence-corrected chi connectivity index (χ2v) is 8.78. The highest BCUT2D eigenvalue weighted by Crippen LogP contribution is 2.40. The molecule has 1 aromatic heterocycles. The predicted octanol–water partition coefficient (Wildman–Crippen LogP) is 3.93. The van der Waals surface area contributed by atoms with Crippen LogP contribution in [0.2, 0.25) is 0 Å². The highest BCUT2D eigenvalue weighted by Gasteiger charge is 2.46. The number of pyridine rings is 1. The summed E-state index contributed by atoms with van der Waals surface area (Å²) in [5.74, 6) is 1.24. The Morgan fingerprint density at radius 2 is 1.88 bits per heavy atom. The lowest BCUT2D eigenvalue weighted by Gasteiger charge is -2.45. The zero-order valence-corrected chi connectivity index (χ0v) is 16.3. The fourth-order valence-electron chi connectivity index (χ4n) is 5.39. The maximum absolute atomic E-state index is 12.6. The number of carbonyl (C=O) groups excluding carboxylic acids is 1. The topological polar surface area (TPSA) is 36.4 Å². The van der Waals surface area contributed by atoms with Gasteiger partial charge in [0, 0.05) is 37.3 Å². The average Bonchev–Trinajstić information content (AvgIpc) is 2.94. The Hall–Kier alpha value is -1.42. The maximum Gasteiger partial charge on any atom is 0.223 e. The van der Waals surface area contributed by atoms with Crippen LogP contribution in [0.1, 0.15) is 69.2 Å². The minimum Gasteiger partial charge on any atom is -0.331 e. The number of aromatic nitrogens is 1. The van der Waals surface area contributed by atoms with Crippen molar-refractivity contribution >= 4 is 5.91 Å². The summed E-state index contributed by atoms with van der Waals surface area (Å²) in [6.45, 7) is 6.30. The van der Waals surface area contributed by atoms with Crippen LogP contribution >= 0.6 is 0 Å². The zero-order valence-electron chi connectivity index (χ0n) is 16.3. The van der Waals surface area contributed by atoms with E-state index in [4.69, 9.17) is 0 Å². The van der Waals surface area contributed by atoms with Gasteiger partial charge in [-0.05, 0) is 57.1 Å². The SMILES string of the molecule is Cc1cccc(CN2C(=O)CCC23CCN(CC2CCCCC2)CC3)n1. The molecule has 1 aromatic rings. The molecule has 1 aliphatic carbocycles. The van der Waals surface area contributed by atoms with E-state index in [-0.39, 0.29) is 5.54 Å². The van der Waals surface area contributed by atoms with Crippen molar-refractivity contribution in [3.8, 4) is 0 Å². The Balaban J connectivity index is 1.38. The number of likely N-dealkylation sites (tertiary alicyclic amines) is 2. The molecule has 1 spiro atoms. The summed E-state index contributed by atoms with van der Waals surface area (Å²) in [6.07, 6.45) is 11.2. The highest BCUT2D eigenvalue weighted by atomic mass is 16.2. The number of rotatable bonds is 4. The summed E-state index contributed by atoms with van der Waals surface area (Å²) in [4.78, 5) is 22.1. The minimum absolute atomic E-state index is 0.0889. The number of amides is 1. The van der Waals surface area contributed by atoms with Crippen molar-refractivity contribution < 1.29 is 4.79 Å². The number of carbonyl (C=O) groups is 1. The van der Waals surface area contributed by atoms with Crippen LogP contribution in [0, 0.1) is 12.8 Å². The van der Waals surface area contributed by atoms with Gasteiger partial charge in [-0.1, -0.05) is 25.3 Å². The minimum atomic E-state index is 0.0889. The summed E-state index contributed by atoms with van der Waals surface area (Å²) < 4.78 is 0. The van der Waals surface area contributed by atoms with Gasteiger partial charge in [0.25, 0.3) is 0 Å².